The van der Waals surface area contributed by atoms with Crippen molar-refractivity contribution >= 4 is 34.1 Å². The number of carbonyl (C=O) groups is 1. The van der Waals surface area contributed by atoms with Crippen LogP contribution >= 0.6 is 24.0 Å². The van der Waals surface area contributed by atoms with Crippen LogP contribution in [0, 0.1) is 5.92 Å². The van der Waals surface area contributed by atoms with Crippen LogP contribution in [-0.2, 0) is 9.53 Å². The minimum Gasteiger partial charge on any atom is -0.476 e. The zero-order chi connectivity index (χ0) is 13.5. The molecule has 1 fully saturated rings. The second-order valence-electron chi connectivity index (χ2n) is 5.29. The monoisotopic (exact) mass is 288 g/mol. The lowest BCUT2D eigenvalue weighted by Crippen LogP contribution is -2.14. The Bertz CT molecular complexity index is 290. The molecule has 4 heteroatoms. The van der Waals surface area contributed by atoms with E-state index in [0.717, 1.165) is 12.8 Å². The van der Waals surface area contributed by atoms with Crippen LogP contribution < -0.4 is 0 Å². The summed E-state index contributed by atoms with van der Waals surface area (Å²) in [6.07, 6.45) is 6.78. The molecule has 0 aromatic carbocycles. The lowest BCUT2D eigenvalue weighted by molar-refractivity contribution is -0.117. The van der Waals surface area contributed by atoms with Gasteiger partial charge < -0.3 is 4.74 Å². The third-order valence-corrected chi connectivity index (χ3v) is 4.60. The maximum Gasteiger partial charge on any atom is 0.220 e. The third kappa shape index (κ3) is 5.70. The van der Waals surface area contributed by atoms with Crippen molar-refractivity contribution in [3.8, 4) is 0 Å². The minimum absolute atomic E-state index is 0.0443. The van der Waals surface area contributed by atoms with Gasteiger partial charge in [0.25, 0.3) is 0 Å². The van der Waals surface area contributed by atoms with Crippen molar-refractivity contribution in [3.63, 3.8) is 0 Å². The molecule has 0 radical (unpaired) electrons. The number of ketones is 1. The van der Waals surface area contributed by atoms with E-state index in [9.17, 15) is 4.79 Å². The Morgan fingerprint density at radius 3 is 2.83 bits per heavy atom. The van der Waals surface area contributed by atoms with Crippen LogP contribution in [0.15, 0.2) is 0 Å². The fraction of sp³-hybridized carbons (Fsp3) is 0.857. The molecule has 1 rings (SSSR count). The number of carbonyl (C=O) groups excluding carboxylic acids is 1. The van der Waals surface area contributed by atoms with Crippen molar-refractivity contribution in [1.82, 2.24) is 0 Å². The maximum atomic E-state index is 11.9. The molecule has 104 valence electrons. The zero-order valence-electron chi connectivity index (χ0n) is 11.6. The molecule has 0 saturated heterocycles. The average Bonchev–Trinajstić information content (AvgIpc) is 2.58. The fourth-order valence-corrected chi connectivity index (χ4v) is 3.90. The summed E-state index contributed by atoms with van der Waals surface area (Å²) in [4.78, 5) is 11.9. The van der Waals surface area contributed by atoms with Gasteiger partial charge in [-0.3, -0.25) is 4.79 Å². The van der Waals surface area contributed by atoms with Gasteiger partial charge in [-0.2, -0.15) is 0 Å². The SMILES string of the molecule is CCCCCC1CC(=O)C(SC(=S)OC(C)C)C1. The molecular weight excluding hydrogens is 264 g/mol. The Kier molecular flexibility index (Phi) is 7.23. The Hall–Kier alpha value is -0.0900. The standard InChI is InChI=1S/C14H24O2S2/c1-4-5-6-7-11-8-12(15)13(9-11)18-14(17)16-10(2)3/h10-11,13H,4-9H2,1-3H3. The number of thioether (sulfide) groups is 1. The topological polar surface area (TPSA) is 26.3 Å². The molecule has 0 bridgehead atoms. The van der Waals surface area contributed by atoms with Gasteiger partial charge in [0.2, 0.25) is 4.38 Å². The molecule has 0 amide bonds. The van der Waals surface area contributed by atoms with Gasteiger partial charge in [-0.05, 0) is 44.8 Å². The van der Waals surface area contributed by atoms with Crippen molar-refractivity contribution in [1.29, 1.82) is 0 Å². The van der Waals surface area contributed by atoms with Gasteiger partial charge in [0.15, 0.2) is 0 Å². The van der Waals surface area contributed by atoms with Gasteiger partial charge in [-0.15, -0.1) is 0 Å². The van der Waals surface area contributed by atoms with Crippen LogP contribution in [0.25, 0.3) is 0 Å². The van der Waals surface area contributed by atoms with E-state index in [2.05, 4.69) is 6.92 Å². The predicted molar refractivity (Wildman–Crippen MR) is 82.1 cm³/mol. The molecule has 0 N–H and O–H groups in total. The van der Waals surface area contributed by atoms with Crippen LogP contribution in [0.3, 0.4) is 0 Å². The first-order valence-electron chi connectivity index (χ1n) is 6.92. The highest BCUT2D eigenvalue weighted by atomic mass is 32.2. The van der Waals surface area contributed by atoms with Gasteiger partial charge in [0.1, 0.15) is 5.78 Å². The van der Waals surface area contributed by atoms with E-state index in [-0.39, 0.29) is 11.4 Å². The number of hydrogen-bond acceptors (Lipinski definition) is 4. The molecule has 2 atom stereocenters. The van der Waals surface area contributed by atoms with Crippen LogP contribution in [0.2, 0.25) is 0 Å². The quantitative estimate of drug-likeness (QED) is 0.536. The smallest absolute Gasteiger partial charge is 0.220 e. The Morgan fingerprint density at radius 2 is 2.22 bits per heavy atom. The van der Waals surface area contributed by atoms with E-state index in [4.69, 9.17) is 17.0 Å². The molecule has 0 spiro atoms. The molecule has 1 aliphatic rings. The van der Waals surface area contributed by atoms with Gasteiger partial charge in [0.05, 0.1) is 11.4 Å². The average molecular weight is 288 g/mol. The molecule has 1 saturated carbocycles. The van der Waals surface area contributed by atoms with Crippen LogP contribution in [0.5, 0.6) is 0 Å². The van der Waals surface area contributed by atoms with Crippen LogP contribution in [-0.4, -0.2) is 21.5 Å². The summed E-state index contributed by atoms with van der Waals surface area (Å²) < 4.78 is 5.96. The molecule has 0 aliphatic heterocycles. The zero-order valence-corrected chi connectivity index (χ0v) is 13.2. The van der Waals surface area contributed by atoms with E-state index < -0.39 is 0 Å². The molecule has 2 nitrogen and oxygen atoms in total. The maximum absolute atomic E-state index is 11.9. The molecule has 2 unspecified atom stereocenters. The van der Waals surface area contributed by atoms with Gasteiger partial charge >= 0.3 is 0 Å². The number of rotatable bonds is 6. The number of thiocarbonyl (C=S) groups is 1. The predicted octanol–water partition coefficient (Wildman–Crippen LogP) is 4.36. The van der Waals surface area contributed by atoms with Gasteiger partial charge in [0, 0.05) is 6.42 Å². The third-order valence-electron chi connectivity index (χ3n) is 3.18. The summed E-state index contributed by atoms with van der Waals surface area (Å²) in [5, 5.41) is 0.0443. The largest absolute Gasteiger partial charge is 0.476 e. The number of Topliss-reactive ketones (excluding diaryl/α,β-unsaturated/α-hetero) is 1. The second kappa shape index (κ2) is 8.16. The lowest BCUT2D eigenvalue weighted by Gasteiger charge is -2.13. The van der Waals surface area contributed by atoms with E-state index in [1.165, 1.54) is 37.4 Å². The summed E-state index contributed by atoms with van der Waals surface area (Å²) >= 11 is 6.60. The summed E-state index contributed by atoms with van der Waals surface area (Å²) in [5.41, 5.74) is 0. The normalized spacial score (nSPS) is 23.7. The highest BCUT2D eigenvalue weighted by Crippen LogP contribution is 2.35. The van der Waals surface area contributed by atoms with Crippen LogP contribution in [0.4, 0.5) is 0 Å². The van der Waals surface area contributed by atoms with E-state index in [1.54, 1.807) is 0 Å². The van der Waals surface area contributed by atoms with Crippen LogP contribution in [0.1, 0.15) is 59.3 Å². The Balaban J connectivity index is 2.31. The molecule has 0 aromatic rings. The number of unbranched alkanes of at least 4 members (excludes halogenated alkanes) is 2. The summed E-state index contributed by atoms with van der Waals surface area (Å²) in [7, 11) is 0. The van der Waals surface area contributed by atoms with Gasteiger partial charge in [-0.1, -0.05) is 37.9 Å². The number of ether oxygens (including phenoxy) is 1. The van der Waals surface area contributed by atoms with E-state index in [0.29, 0.717) is 16.1 Å². The first kappa shape index (κ1) is 16.0. The molecule has 0 aromatic heterocycles. The second-order valence-corrected chi connectivity index (χ2v) is 7.10. The van der Waals surface area contributed by atoms with Crippen molar-refractivity contribution in [2.45, 2.75) is 70.7 Å². The lowest BCUT2D eigenvalue weighted by atomic mass is 10.0. The minimum atomic E-state index is 0.0443. The van der Waals surface area contributed by atoms with Crippen molar-refractivity contribution < 1.29 is 9.53 Å². The van der Waals surface area contributed by atoms with E-state index >= 15 is 0 Å². The molecule has 1 aliphatic carbocycles. The first-order chi connectivity index (χ1) is 8.52. The number of hydrogen-bond donors (Lipinski definition) is 0. The first-order valence-corrected chi connectivity index (χ1v) is 8.21. The summed E-state index contributed by atoms with van der Waals surface area (Å²) in [6, 6.07) is 0. The Labute approximate surface area is 120 Å². The van der Waals surface area contributed by atoms with Crippen molar-refractivity contribution in [3.05, 3.63) is 0 Å². The fourth-order valence-electron chi connectivity index (χ4n) is 2.29. The Morgan fingerprint density at radius 1 is 1.50 bits per heavy atom. The van der Waals surface area contributed by atoms with Crippen molar-refractivity contribution in [2.75, 3.05) is 0 Å². The van der Waals surface area contributed by atoms with Crippen molar-refractivity contribution in [2.24, 2.45) is 5.92 Å². The molecular formula is C14H24O2S2. The molecule has 0 heterocycles. The van der Waals surface area contributed by atoms with Gasteiger partial charge in [-0.25, -0.2) is 0 Å². The van der Waals surface area contributed by atoms with E-state index in [1.807, 2.05) is 13.8 Å². The summed E-state index contributed by atoms with van der Waals surface area (Å²) in [6.45, 7) is 6.12. The highest BCUT2D eigenvalue weighted by Gasteiger charge is 2.33. The highest BCUT2D eigenvalue weighted by molar-refractivity contribution is 8.23. The molecule has 18 heavy (non-hydrogen) atoms. The summed E-state index contributed by atoms with van der Waals surface area (Å²) in [5.74, 6) is 0.930.